The molecule has 0 fully saturated rings. The summed E-state index contributed by atoms with van der Waals surface area (Å²) < 4.78 is 25.1. The van der Waals surface area contributed by atoms with Gasteiger partial charge in [-0.1, -0.05) is 45.4 Å². The molecule has 0 aliphatic heterocycles. The Labute approximate surface area is 97.4 Å². The van der Waals surface area contributed by atoms with Gasteiger partial charge in [-0.2, -0.15) is 0 Å². The highest BCUT2D eigenvalue weighted by atomic mass is 19.3. The molecule has 2 nitrogen and oxygen atoms in total. The molecule has 0 aromatic carbocycles. The lowest BCUT2D eigenvalue weighted by atomic mass is 10.1. The van der Waals surface area contributed by atoms with Crippen LogP contribution in [0.3, 0.4) is 0 Å². The van der Waals surface area contributed by atoms with E-state index in [9.17, 15) is 8.78 Å². The van der Waals surface area contributed by atoms with Crippen LogP contribution in [-0.2, 0) is 0 Å². The van der Waals surface area contributed by atoms with Gasteiger partial charge in [-0.3, -0.25) is 0 Å². The maximum Gasteiger partial charge on any atom is 0.282 e. The van der Waals surface area contributed by atoms with Crippen LogP contribution < -0.4 is 5.32 Å². The molecule has 0 aliphatic rings. The molecule has 0 unspecified atom stereocenters. The summed E-state index contributed by atoms with van der Waals surface area (Å²) >= 11 is 0. The molecule has 0 saturated heterocycles. The number of aliphatic hydroxyl groups is 1. The van der Waals surface area contributed by atoms with Crippen molar-refractivity contribution in [2.24, 2.45) is 0 Å². The molecule has 0 spiro atoms. The van der Waals surface area contributed by atoms with Crippen LogP contribution in [0.5, 0.6) is 0 Å². The molecule has 0 aromatic rings. The Balaban J connectivity index is 3.10. The van der Waals surface area contributed by atoms with Crippen LogP contribution in [0.2, 0.25) is 0 Å². The highest BCUT2D eigenvalue weighted by Crippen LogP contribution is 2.10. The van der Waals surface area contributed by atoms with Gasteiger partial charge in [0.05, 0.1) is 6.54 Å². The van der Waals surface area contributed by atoms with Crippen LogP contribution >= 0.6 is 0 Å². The molecule has 4 heteroatoms. The molecule has 2 N–H and O–H groups in total. The monoisotopic (exact) mass is 237 g/mol. The highest BCUT2D eigenvalue weighted by Gasteiger charge is 2.26. The van der Waals surface area contributed by atoms with Crippen LogP contribution in [0.4, 0.5) is 8.78 Å². The second-order valence-electron chi connectivity index (χ2n) is 4.31. The van der Waals surface area contributed by atoms with E-state index in [1.165, 1.54) is 32.1 Å². The van der Waals surface area contributed by atoms with Gasteiger partial charge in [0.1, 0.15) is 6.61 Å². The number of alkyl halides is 2. The van der Waals surface area contributed by atoms with Gasteiger partial charge >= 0.3 is 0 Å². The SMILES string of the molecule is CCCCCCCCCNCC(F)(F)CO. The van der Waals surface area contributed by atoms with Crippen molar-refractivity contribution < 1.29 is 13.9 Å². The Morgan fingerprint density at radius 2 is 1.56 bits per heavy atom. The van der Waals surface area contributed by atoms with E-state index in [0.29, 0.717) is 6.54 Å². The van der Waals surface area contributed by atoms with Crippen molar-refractivity contribution in [3.05, 3.63) is 0 Å². The molecule has 0 aromatic heterocycles. The highest BCUT2D eigenvalue weighted by molar-refractivity contribution is 4.67. The molecule has 0 rings (SSSR count). The topological polar surface area (TPSA) is 32.3 Å². The van der Waals surface area contributed by atoms with E-state index in [0.717, 1.165) is 12.8 Å². The number of hydrogen-bond acceptors (Lipinski definition) is 2. The minimum absolute atomic E-state index is 0.417. The number of halogens is 2. The smallest absolute Gasteiger partial charge is 0.282 e. The number of rotatable bonds is 11. The van der Waals surface area contributed by atoms with Gasteiger partial charge in [0.15, 0.2) is 0 Å². The first kappa shape index (κ1) is 15.8. The molecular weight excluding hydrogens is 212 g/mol. The van der Waals surface area contributed by atoms with Gasteiger partial charge < -0.3 is 10.4 Å². The van der Waals surface area contributed by atoms with E-state index in [-0.39, 0.29) is 0 Å². The number of hydrogen-bond donors (Lipinski definition) is 2. The van der Waals surface area contributed by atoms with Gasteiger partial charge in [0.25, 0.3) is 5.92 Å². The fourth-order valence-electron chi connectivity index (χ4n) is 1.53. The first-order valence-corrected chi connectivity index (χ1v) is 6.32. The fraction of sp³-hybridized carbons (Fsp3) is 1.00. The molecule has 0 heterocycles. The summed E-state index contributed by atoms with van der Waals surface area (Å²) in [7, 11) is 0. The number of aliphatic hydroxyl groups excluding tert-OH is 1. The van der Waals surface area contributed by atoms with Crippen LogP contribution in [-0.4, -0.2) is 30.7 Å². The van der Waals surface area contributed by atoms with E-state index in [2.05, 4.69) is 12.2 Å². The summed E-state index contributed by atoms with van der Waals surface area (Å²) in [6.45, 7) is 1.31. The van der Waals surface area contributed by atoms with Crippen molar-refractivity contribution in [1.82, 2.24) is 5.32 Å². The third-order valence-corrected chi connectivity index (χ3v) is 2.57. The van der Waals surface area contributed by atoms with Gasteiger partial charge in [-0.25, -0.2) is 8.78 Å². The lowest BCUT2D eigenvalue weighted by molar-refractivity contribution is -0.0474. The minimum Gasteiger partial charge on any atom is -0.390 e. The fourth-order valence-corrected chi connectivity index (χ4v) is 1.53. The first-order chi connectivity index (χ1) is 7.62. The lowest BCUT2D eigenvalue weighted by Crippen LogP contribution is -2.36. The maximum absolute atomic E-state index is 12.6. The Kier molecular flexibility index (Phi) is 9.83. The van der Waals surface area contributed by atoms with E-state index in [1.54, 1.807) is 0 Å². The summed E-state index contributed by atoms with van der Waals surface area (Å²) in [6, 6.07) is 0. The molecule has 16 heavy (non-hydrogen) atoms. The maximum atomic E-state index is 12.6. The zero-order chi connectivity index (χ0) is 12.3. The predicted octanol–water partition coefficient (Wildman–Crippen LogP) is 2.95. The summed E-state index contributed by atoms with van der Waals surface area (Å²) in [5, 5.41) is 11.0. The Morgan fingerprint density at radius 1 is 1.00 bits per heavy atom. The van der Waals surface area contributed by atoms with Crippen LogP contribution in [0.15, 0.2) is 0 Å². The third-order valence-electron chi connectivity index (χ3n) is 2.57. The molecule has 0 amide bonds. The number of nitrogens with one attached hydrogen (secondary N) is 1. The molecule has 0 aliphatic carbocycles. The zero-order valence-corrected chi connectivity index (χ0v) is 10.3. The number of unbranched alkanes of at least 4 members (excludes halogenated alkanes) is 6. The van der Waals surface area contributed by atoms with Gasteiger partial charge in [-0.15, -0.1) is 0 Å². The average Bonchev–Trinajstić information content (AvgIpc) is 2.27. The molecule has 0 saturated carbocycles. The Bertz CT molecular complexity index is 154. The van der Waals surface area contributed by atoms with Crippen molar-refractivity contribution in [3.63, 3.8) is 0 Å². The average molecular weight is 237 g/mol. The van der Waals surface area contributed by atoms with Gasteiger partial charge in [0.2, 0.25) is 0 Å². The second-order valence-corrected chi connectivity index (χ2v) is 4.31. The van der Waals surface area contributed by atoms with Crippen molar-refractivity contribution in [2.45, 2.75) is 57.8 Å². The van der Waals surface area contributed by atoms with E-state index in [4.69, 9.17) is 5.11 Å². The normalized spacial score (nSPS) is 12.0. The first-order valence-electron chi connectivity index (χ1n) is 6.32. The molecule has 98 valence electrons. The van der Waals surface area contributed by atoms with Crippen molar-refractivity contribution in [2.75, 3.05) is 19.7 Å². The minimum atomic E-state index is -2.97. The summed E-state index contributed by atoms with van der Waals surface area (Å²) in [6.07, 6.45) is 8.30. The molecular formula is C12H25F2NO. The summed E-state index contributed by atoms with van der Waals surface area (Å²) in [4.78, 5) is 0. The predicted molar refractivity (Wildman–Crippen MR) is 62.9 cm³/mol. The van der Waals surface area contributed by atoms with Gasteiger partial charge in [0, 0.05) is 0 Å². The Hall–Kier alpha value is -0.220. The van der Waals surface area contributed by atoms with Crippen LogP contribution in [0.25, 0.3) is 0 Å². The molecule has 0 atom stereocenters. The van der Waals surface area contributed by atoms with Crippen molar-refractivity contribution in [1.29, 1.82) is 0 Å². The second kappa shape index (κ2) is 9.97. The van der Waals surface area contributed by atoms with Crippen LogP contribution in [0, 0.1) is 0 Å². The summed E-state index contributed by atoms with van der Waals surface area (Å²) in [5.74, 6) is -2.97. The molecule has 0 radical (unpaired) electrons. The van der Waals surface area contributed by atoms with E-state index in [1.807, 2.05) is 0 Å². The van der Waals surface area contributed by atoms with E-state index >= 15 is 0 Å². The van der Waals surface area contributed by atoms with E-state index < -0.39 is 19.1 Å². The standard InChI is InChI=1S/C12H25F2NO/c1-2-3-4-5-6-7-8-9-15-10-12(13,14)11-16/h15-16H,2-11H2,1H3. The quantitative estimate of drug-likeness (QED) is 0.541. The summed E-state index contributed by atoms with van der Waals surface area (Å²) in [5.41, 5.74) is 0. The third kappa shape index (κ3) is 10.3. The van der Waals surface area contributed by atoms with Crippen LogP contribution in [0.1, 0.15) is 51.9 Å². The van der Waals surface area contributed by atoms with Gasteiger partial charge in [-0.05, 0) is 13.0 Å². The largest absolute Gasteiger partial charge is 0.390 e. The zero-order valence-electron chi connectivity index (χ0n) is 10.3. The van der Waals surface area contributed by atoms with Crippen molar-refractivity contribution >= 4 is 0 Å². The molecule has 0 bridgehead atoms. The Morgan fingerprint density at radius 3 is 2.12 bits per heavy atom. The van der Waals surface area contributed by atoms with Crippen molar-refractivity contribution in [3.8, 4) is 0 Å². The lowest BCUT2D eigenvalue weighted by Gasteiger charge is -2.13.